The molecule has 2 aromatic heterocycles. The molecule has 0 aliphatic heterocycles. The molecule has 0 bridgehead atoms. The number of fused-ring (bicyclic) bond motifs is 1. The minimum Gasteiger partial charge on any atom is -0.303 e. The van der Waals surface area contributed by atoms with E-state index in [1.165, 1.54) is 0 Å². The lowest BCUT2D eigenvalue weighted by Gasteiger charge is -2.14. The Kier molecular flexibility index (Phi) is 4.99. The number of benzene rings is 1. The van der Waals surface area contributed by atoms with Gasteiger partial charge in [0.15, 0.2) is 0 Å². The van der Waals surface area contributed by atoms with E-state index in [2.05, 4.69) is 59.4 Å². The van der Waals surface area contributed by atoms with Crippen LogP contribution in [0.1, 0.15) is 17.9 Å². The van der Waals surface area contributed by atoms with E-state index in [4.69, 9.17) is 4.98 Å². The maximum atomic E-state index is 11.1. The van der Waals surface area contributed by atoms with Crippen LogP contribution >= 0.6 is 0 Å². The number of allylic oxidation sites excluding steroid dienone is 4. The summed E-state index contributed by atoms with van der Waals surface area (Å²) in [6, 6.07) is 10.1. The average molecular weight is 399 g/mol. The summed E-state index contributed by atoms with van der Waals surface area (Å²) in [6.45, 7) is 6.57. The summed E-state index contributed by atoms with van der Waals surface area (Å²) in [7, 11) is -1.52. The second-order valence-electron chi connectivity index (χ2n) is 8.10. The van der Waals surface area contributed by atoms with Crippen molar-refractivity contribution < 1.29 is 4.79 Å². The minimum absolute atomic E-state index is 0.0702. The first-order chi connectivity index (χ1) is 13.9. The predicted octanol–water partition coefficient (Wildman–Crippen LogP) is 4.18. The van der Waals surface area contributed by atoms with E-state index in [9.17, 15) is 4.79 Å². The van der Waals surface area contributed by atoms with Crippen molar-refractivity contribution in [3.63, 3.8) is 0 Å². The molecule has 0 saturated heterocycles. The zero-order valence-corrected chi connectivity index (χ0v) is 17.8. The minimum atomic E-state index is -1.52. The molecule has 0 saturated carbocycles. The van der Waals surface area contributed by atoms with Gasteiger partial charge in [-0.2, -0.15) is 4.98 Å². The summed E-state index contributed by atoms with van der Waals surface area (Å²) in [5.41, 5.74) is 7.14. The van der Waals surface area contributed by atoms with E-state index >= 15 is 0 Å². The summed E-state index contributed by atoms with van der Waals surface area (Å²) in [5, 5.41) is 4.52. The SMILES string of the molecule is C[Si](C)(C)C#Cc1nc2nc(C3=CCC(C=O)C=C3)c(-c3ccccc3)cn2n1. The highest BCUT2D eigenvalue weighted by Gasteiger charge is 2.17. The first-order valence-electron chi connectivity index (χ1n) is 9.63. The van der Waals surface area contributed by atoms with Crippen molar-refractivity contribution in [2.45, 2.75) is 26.1 Å². The van der Waals surface area contributed by atoms with Gasteiger partial charge in [0, 0.05) is 17.7 Å². The Morgan fingerprint density at radius 1 is 1.17 bits per heavy atom. The molecule has 0 radical (unpaired) electrons. The van der Waals surface area contributed by atoms with Crippen molar-refractivity contribution in [1.29, 1.82) is 0 Å². The summed E-state index contributed by atoms with van der Waals surface area (Å²) >= 11 is 0. The summed E-state index contributed by atoms with van der Waals surface area (Å²) < 4.78 is 1.70. The van der Waals surface area contributed by atoms with E-state index in [0.29, 0.717) is 18.0 Å². The average Bonchev–Trinajstić information content (AvgIpc) is 3.14. The third-order valence-electron chi connectivity index (χ3n) is 4.55. The molecule has 1 aliphatic rings. The quantitative estimate of drug-likeness (QED) is 0.377. The molecule has 1 unspecified atom stereocenters. The Balaban J connectivity index is 1.86. The number of hydrogen-bond acceptors (Lipinski definition) is 4. The van der Waals surface area contributed by atoms with Crippen LogP contribution in [-0.2, 0) is 4.79 Å². The number of aldehydes is 1. The molecule has 1 atom stereocenters. The van der Waals surface area contributed by atoms with E-state index < -0.39 is 8.07 Å². The Hall–Kier alpha value is -3.30. The van der Waals surface area contributed by atoms with Gasteiger partial charge >= 0.3 is 0 Å². The molecule has 29 heavy (non-hydrogen) atoms. The molecular weight excluding hydrogens is 376 g/mol. The van der Waals surface area contributed by atoms with Crippen LogP contribution in [0.25, 0.3) is 22.5 Å². The molecule has 144 valence electrons. The van der Waals surface area contributed by atoms with Crippen molar-refractivity contribution in [3.8, 4) is 22.6 Å². The highest BCUT2D eigenvalue weighted by Crippen LogP contribution is 2.31. The first kappa shape index (κ1) is 19.0. The third-order valence-corrected chi connectivity index (χ3v) is 5.42. The fourth-order valence-corrected chi connectivity index (χ4v) is 3.57. The van der Waals surface area contributed by atoms with Crippen LogP contribution in [0, 0.1) is 17.4 Å². The second-order valence-corrected chi connectivity index (χ2v) is 12.9. The summed E-state index contributed by atoms with van der Waals surface area (Å²) in [4.78, 5) is 20.4. The standard InChI is InChI=1S/C23H22N4OSi/c1-29(2,3)14-13-21-24-23-25-22(19-11-9-17(16-28)10-12-19)20(15-27(23)26-21)18-7-5-4-6-8-18/h4-9,11-12,15-17H,10H2,1-3H3. The molecule has 4 rings (SSSR count). The van der Waals surface area contributed by atoms with Gasteiger partial charge in [-0.25, -0.2) is 9.50 Å². The normalized spacial score (nSPS) is 16.2. The Morgan fingerprint density at radius 3 is 2.62 bits per heavy atom. The topological polar surface area (TPSA) is 60.2 Å². The fraction of sp³-hybridized carbons (Fsp3) is 0.217. The molecule has 2 heterocycles. The van der Waals surface area contributed by atoms with Gasteiger partial charge in [0.05, 0.1) is 5.69 Å². The number of hydrogen-bond donors (Lipinski definition) is 0. The number of carbonyl (C=O) groups is 1. The number of nitrogens with zero attached hydrogens (tertiary/aromatic N) is 4. The zero-order valence-electron chi connectivity index (χ0n) is 16.8. The summed E-state index contributed by atoms with van der Waals surface area (Å²) in [6.07, 6.45) is 9.57. The van der Waals surface area contributed by atoms with Crippen molar-refractivity contribution in [1.82, 2.24) is 19.6 Å². The predicted molar refractivity (Wildman–Crippen MR) is 118 cm³/mol. The van der Waals surface area contributed by atoms with Gasteiger partial charge in [-0.15, -0.1) is 10.6 Å². The maximum absolute atomic E-state index is 11.1. The Morgan fingerprint density at radius 2 is 1.97 bits per heavy atom. The number of carbonyl (C=O) groups excluding carboxylic acids is 1. The van der Waals surface area contributed by atoms with Gasteiger partial charge in [-0.1, -0.05) is 68.2 Å². The molecule has 0 fully saturated rings. The molecule has 0 N–H and O–H groups in total. The van der Waals surface area contributed by atoms with E-state index in [1.807, 2.05) is 36.5 Å². The van der Waals surface area contributed by atoms with Crippen LogP contribution in [0.3, 0.4) is 0 Å². The van der Waals surface area contributed by atoms with Crippen LogP contribution in [0.5, 0.6) is 0 Å². The fourth-order valence-electron chi connectivity index (χ4n) is 3.08. The third kappa shape index (κ3) is 4.25. The van der Waals surface area contributed by atoms with Crippen molar-refractivity contribution in [2.75, 3.05) is 0 Å². The van der Waals surface area contributed by atoms with Gasteiger partial charge < -0.3 is 4.79 Å². The first-order valence-corrected chi connectivity index (χ1v) is 13.1. The van der Waals surface area contributed by atoms with E-state index in [-0.39, 0.29) is 5.92 Å². The van der Waals surface area contributed by atoms with Gasteiger partial charge in [0.2, 0.25) is 5.82 Å². The number of rotatable bonds is 3. The molecular formula is C23H22N4OSi. The monoisotopic (exact) mass is 398 g/mol. The van der Waals surface area contributed by atoms with Gasteiger partial charge in [0.1, 0.15) is 14.4 Å². The largest absolute Gasteiger partial charge is 0.303 e. The molecule has 0 amide bonds. The lowest BCUT2D eigenvalue weighted by Crippen LogP contribution is -2.16. The van der Waals surface area contributed by atoms with E-state index in [1.54, 1.807) is 4.52 Å². The van der Waals surface area contributed by atoms with Gasteiger partial charge in [-0.3, -0.25) is 0 Å². The Bertz CT molecular complexity index is 1190. The lowest BCUT2D eigenvalue weighted by molar-refractivity contribution is -0.109. The van der Waals surface area contributed by atoms with Crippen LogP contribution in [0.4, 0.5) is 0 Å². The van der Waals surface area contributed by atoms with Crippen LogP contribution < -0.4 is 0 Å². The molecule has 6 heteroatoms. The smallest absolute Gasteiger partial charge is 0.253 e. The maximum Gasteiger partial charge on any atom is 0.253 e. The highest BCUT2D eigenvalue weighted by atomic mass is 28.3. The molecule has 5 nitrogen and oxygen atoms in total. The Labute approximate surface area is 171 Å². The van der Waals surface area contributed by atoms with Crippen LogP contribution in [-0.4, -0.2) is 33.9 Å². The second kappa shape index (κ2) is 7.61. The highest BCUT2D eigenvalue weighted by molar-refractivity contribution is 6.83. The number of aromatic nitrogens is 4. The summed E-state index contributed by atoms with van der Waals surface area (Å²) in [5.74, 6) is 4.05. The molecule has 0 spiro atoms. The van der Waals surface area contributed by atoms with Crippen molar-refractivity contribution in [3.05, 3.63) is 66.3 Å². The molecule has 1 aliphatic carbocycles. The van der Waals surface area contributed by atoms with Gasteiger partial charge in [-0.05, 0) is 23.5 Å². The van der Waals surface area contributed by atoms with E-state index in [0.717, 1.165) is 28.7 Å². The van der Waals surface area contributed by atoms with Crippen LogP contribution in [0.2, 0.25) is 19.6 Å². The molecule has 3 aromatic rings. The zero-order chi connectivity index (χ0) is 20.4. The van der Waals surface area contributed by atoms with Crippen molar-refractivity contribution >= 4 is 25.7 Å². The molecule has 1 aromatic carbocycles. The lowest BCUT2D eigenvalue weighted by atomic mass is 9.93. The van der Waals surface area contributed by atoms with Crippen molar-refractivity contribution in [2.24, 2.45) is 5.92 Å². The van der Waals surface area contributed by atoms with Gasteiger partial charge in [0.25, 0.3) is 5.78 Å². The van der Waals surface area contributed by atoms with Crippen LogP contribution in [0.15, 0.2) is 54.8 Å².